The fourth-order valence-corrected chi connectivity index (χ4v) is 3.98. The largest absolute Gasteiger partial charge is 0.489 e. The van der Waals surface area contributed by atoms with Gasteiger partial charge < -0.3 is 25.5 Å². The summed E-state index contributed by atoms with van der Waals surface area (Å²) < 4.78 is 7.30. The molecule has 1 fully saturated rings. The number of ether oxygens (including phenoxy) is 1. The lowest BCUT2D eigenvalue weighted by atomic mass is 10.1. The monoisotopic (exact) mass is 446 g/mol. The molecule has 172 valence electrons. The van der Waals surface area contributed by atoms with E-state index in [1.165, 1.54) is 12.3 Å². The van der Waals surface area contributed by atoms with Crippen LogP contribution in [0.3, 0.4) is 0 Å². The van der Waals surface area contributed by atoms with Gasteiger partial charge >= 0.3 is 0 Å². The van der Waals surface area contributed by atoms with Gasteiger partial charge in [0.2, 0.25) is 0 Å². The molecule has 0 saturated carbocycles. The maximum absolute atomic E-state index is 12.7. The first-order chi connectivity index (χ1) is 16.1. The van der Waals surface area contributed by atoms with E-state index in [4.69, 9.17) is 10.1 Å². The van der Waals surface area contributed by atoms with Crippen molar-refractivity contribution in [2.24, 2.45) is 0 Å². The first kappa shape index (κ1) is 22.8. The van der Waals surface area contributed by atoms with E-state index in [1.807, 2.05) is 48.5 Å². The molecule has 4 rings (SSSR count). The predicted molar refractivity (Wildman–Crippen MR) is 131 cm³/mol. The Kier molecular flexibility index (Phi) is 7.55. The number of aliphatic hydroxyl groups is 1. The van der Waals surface area contributed by atoms with Crippen LogP contribution in [0.5, 0.6) is 5.75 Å². The first-order valence-electron chi connectivity index (χ1n) is 11.3. The molecule has 0 aliphatic carbocycles. The normalized spacial score (nSPS) is 14.7. The van der Waals surface area contributed by atoms with Crippen molar-refractivity contribution in [1.29, 1.82) is 5.41 Å². The fourth-order valence-electron chi connectivity index (χ4n) is 3.98. The maximum Gasteiger partial charge on any atom is 0.258 e. The van der Waals surface area contributed by atoms with Crippen LogP contribution in [0.1, 0.15) is 24.0 Å². The summed E-state index contributed by atoms with van der Waals surface area (Å²) in [7, 11) is 0. The number of pyridine rings is 1. The third kappa shape index (κ3) is 6.09. The van der Waals surface area contributed by atoms with Crippen LogP contribution in [0.25, 0.3) is 5.69 Å². The van der Waals surface area contributed by atoms with Crippen molar-refractivity contribution in [1.82, 2.24) is 9.47 Å². The lowest BCUT2D eigenvalue weighted by molar-refractivity contribution is 0.0845. The summed E-state index contributed by atoms with van der Waals surface area (Å²) in [6.45, 7) is 3.86. The smallest absolute Gasteiger partial charge is 0.258 e. The topological polar surface area (TPSA) is 90.6 Å². The van der Waals surface area contributed by atoms with Crippen LogP contribution in [0.15, 0.2) is 71.7 Å². The number of benzene rings is 2. The van der Waals surface area contributed by atoms with Gasteiger partial charge in [-0.3, -0.25) is 9.36 Å². The molecule has 7 nitrogen and oxygen atoms in total. The van der Waals surface area contributed by atoms with Gasteiger partial charge in [0.25, 0.3) is 5.56 Å². The number of piperidine rings is 1. The van der Waals surface area contributed by atoms with Crippen molar-refractivity contribution in [3.05, 3.63) is 88.3 Å². The number of likely N-dealkylation sites (tertiary alicyclic amines) is 1. The molecular weight excluding hydrogens is 416 g/mol. The highest BCUT2D eigenvalue weighted by molar-refractivity contribution is 5.86. The summed E-state index contributed by atoms with van der Waals surface area (Å²) in [5.74, 6) is 0.524. The number of nitrogens with zero attached hydrogens (tertiary/aromatic N) is 2. The molecule has 1 aliphatic rings. The summed E-state index contributed by atoms with van der Waals surface area (Å²) in [5, 5.41) is 20.8. The molecule has 7 heteroatoms. The Morgan fingerprint density at radius 2 is 1.88 bits per heavy atom. The summed E-state index contributed by atoms with van der Waals surface area (Å²) in [6, 6.07) is 18.7. The molecule has 2 heterocycles. The number of hydrogen-bond acceptors (Lipinski definition) is 6. The number of anilines is 1. The van der Waals surface area contributed by atoms with E-state index in [9.17, 15) is 9.90 Å². The Balaban J connectivity index is 1.39. The average molecular weight is 447 g/mol. The lowest BCUT2D eigenvalue weighted by Gasteiger charge is -2.29. The minimum atomic E-state index is -0.190. The number of hydrogen-bond donors (Lipinski definition) is 3. The van der Waals surface area contributed by atoms with Gasteiger partial charge in [-0.05, 0) is 42.7 Å². The van der Waals surface area contributed by atoms with E-state index in [-0.39, 0.29) is 11.7 Å². The van der Waals surface area contributed by atoms with Crippen LogP contribution >= 0.6 is 0 Å². The number of aromatic nitrogens is 1. The van der Waals surface area contributed by atoms with Crippen LogP contribution in [0, 0.1) is 5.41 Å². The van der Waals surface area contributed by atoms with Gasteiger partial charge in [-0.1, -0.05) is 30.3 Å². The van der Waals surface area contributed by atoms with Gasteiger partial charge in [0.15, 0.2) is 0 Å². The van der Waals surface area contributed by atoms with E-state index in [2.05, 4.69) is 10.2 Å². The molecule has 0 unspecified atom stereocenters. The van der Waals surface area contributed by atoms with Gasteiger partial charge in [0.05, 0.1) is 6.10 Å². The zero-order valence-electron chi connectivity index (χ0n) is 18.6. The predicted octanol–water partition coefficient (Wildman–Crippen LogP) is 3.28. The lowest BCUT2D eigenvalue weighted by Crippen LogP contribution is -2.38. The third-order valence-corrected chi connectivity index (χ3v) is 5.91. The first-order valence-corrected chi connectivity index (χ1v) is 11.3. The third-order valence-electron chi connectivity index (χ3n) is 5.91. The number of aliphatic hydroxyl groups excluding tert-OH is 1. The zero-order valence-corrected chi connectivity index (χ0v) is 18.6. The van der Waals surface area contributed by atoms with E-state index in [0.717, 1.165) is 55.8 Å². The minimum absolute atomic E-state index is 0.167. The van der Waals surface area contributed by atoms with Crippen molar-refractivity contribution in [3.8, 4) is 11.4 Å². The molecule has 1 aliphatic heterocycles. The van der Waals surface area contributed by atoms with Gasteiger partial charge in [0, 0.05) is 61.6 Å². The van der Waals surface area contributed by atoms with Crippen LogP contribution in [-0.2, 0) is 6.61 Å². The van der Waals surface area contributed by atoms with Crippen molar-refractivity contribution in [2.45, 2.75) is 25.6 Å². The van der Waals surface area contributed by atoms with Crippen LogP contribution < -0.4 is 15.6 Å². The Hall–Kier alpha value is -3.42. The van der Waals surface area contributed by atoms with Crippen molar-refractivity contribution < 1.29 is 9.84 Å². The molecule has 1 saturated heterocycles. The second-order valence-corrected chi connectivity index (χ2v) is 8.26. The molecule has 0 radical (unpaired) electrons. The SMILES string of the molecule is N=Cc1cc(-n2ccc(OCc3ccccc3)cc2=O)ccc1NCCN1CCC(O)CC1. The van der Waals surface area contributed by atoms with Gasteiger partial charge in [-0.25, -0.2) is 0 Å². The maximum atomic E-state index is 12.7. The Labute approximate surface area is 193 Å². The second-order valence-electron chi connectivity index (χ2n) is 8.26. The molecule has 3 aromatic rings. The molecule has 0 spiro atoms. The van der Waals surface area contributed by atoms with E-state index in [1.54, 1.807) is 16.8 Å². The number of rotatable bonds is 9. The molecule has 0 amide bonds. The summed E-state index contributed by atoms with van der Waals surface area (Å²) in [4.78, 5) is 15.0. The molecule has 0 bridgehead atoms. The van der Waals surface area contributed by atoms with E-state index in [0.29, 0.717) is 18.0 Å². The summed E-state index contributed by atoms with van der Waals surface area (Å²) in [5.41, 5.74) is 3.13. The van der Waals surface area contributed by atoms with Crippen molar-refractivity contribution in [3.63, 3.8) is 0 Å². The molecule has 3 N–H and O–H groups in total. The van der Waals surface area contributed by atoms with Gasteiger partial charge in [-0.2, -0.15) is 0 Å². The molecule has 1 aromatic heterocycles. The highest BCUT2D eigenvalue weighted by Crippen LogP contribution is 2.19. The number of nitrogens with one attached hydrogen (secondary N) is 2. The highest BCUT2D eigenvalue weighted by Gasteiger charge is 2.16. The van der Waals surface area contributed by atoms with Crippen molar-refractivity contribution >= 4 is 11.9 Å². The molecule has 2 aromatic carbocycles. The second kappa shape index (κ2) is 10.9. The van der Waals surface area contributed by atoms with Crippen LogP contribution in [0.2, 0.25) is 0 Å². The standard InChI is InChI=1S/C26H30N4O3/c27-18-21-16-22(6-7-25(21)28-11-15-29-12-8-23(31)9-13-29)30-14-10-24(17-26(30)32)33-19-20-4-2-1-3-5-20/h1-7,10,14,16-18,23,27-28,31H,8-9,11-13,15,19H2. The quantitative estimate of drug-likeness (QED) is 0.439. The Bertz CT molecular complexity index is 1120. The zero-order chi connectivity index (χ0) is 23.0. The van der Waals surface area contributed by atoms with Crippen molar-refractivity contribution in [2.75, 3.05) is 31.5 Å². The summed E-state index contributed by atoms with van der Waals surface area (Å²) >= 11 is 0. The van der Waals surface area contributed by atoms with Crippen LogP contribution in [-0.4, -0.2) is 53.1 Å². The average Bonchev–Trinajstić information content (AvgIpc) is 2.85. The molecular formula is C26H30N4O3. The van der Waals surface area contributed by atoms with E-state index < -0.39 is 0 Å². The van der Waals surface area contributed by atoms with Crippen LogP contribution in [0.4, 0.5) is 5.69 Å². The fraction of sp³-hybridized carbons (Fsp3) is 0.308. The summed E-state index contributed by atoms with van der Waals surface area (Å²) in [6.07, 6.45) is 4.48. The minimum Gasteiger partial charge on any atom is -0.489 e. The van der Waals surface area contributed by atoms with E-state index >= 15 is 0 Å². The van der Waals surface area contributed by atoms with Gasteiger partial charge in [-0.15, -0.1) is 0 Å². The highest BCUT2D eigenvalue weighted by atomic mass is 16.5. The Morgan fingerprint density at radius 3 is 2.61 bits per heavy atom. The molecule has 0 atom stereocenters. The molecule has 33 heavy (non-hydrogen) atoms. The Morgan fingerprint density at radius 1 is 1.09 bits per heavy atom. The van der Waals surface area contributed by atoms with Gasteiger partial charge in [0.1, 0.15) is 12.4 Å².